The van der Waals surface area contributed by atoms with Crippen LogP contribution in [0.4, 0.5) is 0 Å². The van der Waals surface area contributed by atoms with Gasteiger partial charge in [0.05, 0.1) is 10.5 Å². The van der Waals surface area contributed by atoms with E-state index < -0.39 is 14.6 Å². The number of hydrogen-bond acceptors (Lipinski definition) is 3. The third-order valence-corrected chi connectivity index (χ3v) is 7.97. The Labute approximate surface area is 148 Å². The minimum absolute atomic E-state index is 0.214. The maximum absolute atomic E-state index is 12.2. The van der Waals surface area contributed by atoms with Gasteiger partial charge in [0.1, 0.15) is 0 Å². The van der Waals surface area contributed by atoms with Crippen LogP contribution in [-0.2, 0) is 9.84 Å². The van der Waals surface area contributed by atoms with E-state index in [1.165, 1.54) is 38.5 Å². The van der Waals surface area contributed by atoms with E-state index in [4.69, 9.17) is 4.99 Å². The Morgan fingerprint density at radius 1 is 1.25 bits per heavy atom. The van der Waals surface area contributed by atoms with Crippen LogP contribution in [0, 0.1) is 5.92 Å². The van der Waals surface area contributed by atoms with Crippen LogP contribution in [0.3, 0.4) is 0 Å². The van der Waals surface area contributed by atoms with Gasteiger partial charge in [-0.1, -0.05) is 38.5 Å². The van der Waals surface area contributed by atoms with Crippen LogP contribution < -0.4 is 5.32 Å². The summed E-state index contributed by atoms with van der Waals surface area (Å²) in [7, 11) is -3.01. The Morgan fingerprint density at radius 2 is 1.96 bits per heavy atom. The lowest BCUT2D eigenvalue weighted by Crippen LogP contribution is -2.57. The van der Waals surface area contributed by atoms with Gasteiger partial charge >= 0.3 is 0 Å². The molecule has 1 heterocycles. The molecule has 2 aliphatic rings. The molecule has 1 aliphatic heterocycles. The van der Waals surface area contributed by atoms with Crippen LogP contribution in [0.5, 0.6) is 0 Å². The molecular weight excluding hydrogens is 322 g/mol. The number of hydrogen-bond donors (Lipinski definition) is 1. The van der Waals surface area contributed by atoms with Gasteiger partial charge in [-0.15, -0.1) is 0 Å². The molecule has 24 heavy (non-hydrogen) atoms. The third-order valence-electron chi connectivity index (χ3n) is 5.43. The van der Waals surface area contributed by atoms with E-state index >= 15 is 0 Å². The number of unbranched alkanes of at least 4 members (excludes halogenated alkanes) is 1. The summed E-state index contributed by atoms with van der Waals surface area (Å²) in [6.45, 7) is 8.40. The normalized spacial score (nSPS) is 24.3. The van der Waals surface area contributed by atoms with E-state index in [0.29, 0.717) is 13.1 Å². The van der Waals surface area contributed by atoms with E-state index in [1.54, 1.807) is 0 Å². The summed E-state index contributed by atoms with van der Waals surface area (Å²) in [6, 6.07) is 0. The Morgan fingerprint density at radius 3 is 2.58 bits per heavy atom. The minimum atomic E-state index is -3.01. The van der Waals surface area contributed by atoms with Crippen molar-refractivity contribution in [2.24, 2.45) is 10.9 Å². The maximum Gasteiger partial charge on any atom is 0.193 e. The van der Waals surface area contributed by atoms with Crippen LogP contribution in [-0.4, -0.2) is 56.0 Å². The molecule has 0 radical (unpaired) electrons. The van der Waals surface area contributed by atoms with Gasteiger partial charge < -0.3 is 10.2 Å². The van der Waals surface area contributed by atoms with Crippen molar-refractivity contribution in [3.8, 4) is 0 Å². The highest BCUT2D eigenvalue weighted by Crippen LogP contribution is 2.29. The number of aliphatic imine (C=N–C) groups is 1. The highest BCUT2D eigenvalue weighted by Gasteiger charge is 2.40. The van der Waals surface area contributed by atoms with Crippen molar-refractivity contribution >= 4 is 15.8 Å². The fourth-order valence-corrected chi connectivity index (χ4v) is 5.14. The predicted molar refractivity (Wildman–Crippen MR) is 101 cm³/mol. The van der Waals surface area contributed by atoms with Crippen molar-refractivity contribution in [3.63, 3.8) is 0 Å². The zero-order valence-corrected chi connectivity index (χ0v) is 16.5. The third kappa shape index (κ3) is 5.11. The van der Waals surface area contributed by atoms with Crippen molar-refractivity contribution in [2.75, 3.05) is 31.9 Å². The van der Waals surface area contributed by atoms with Crippen LogP contribution in [0.1, 0.15) is 65.7 Å². The molecule has 2 fully saturated rings. The molecule has 2 rings (SSSR count). The van der Waals surface area contributed by atoms with Crippen molar-refractivity contribution in [1.29, 1.82) is 0 Å². The number of nitrogens with one attached hydrogen (secondary N) is 1. The Kier molecular flexibility index (Phi) is 6.96. The van der Waals surface area contributed by atoms with Gasteiger partial charge in [-0.25, -0.2) is 8.42 Å². The largest absolute Gasteiger partial charge is 0.357 e. The van der Waals surface area contributed by atoms with Crippen molar-refractivity contribution < 1.29 is 8.42 Å². The van der Waals surface area contributed by atoms with Crippen LogP contribution in [0.25, 0.3) is 0 Å². The highest BCUT2D eigenvalue weighted by molar-refractivity contribution is 7.92. The van der Waals surface area contributed by atoms with Crippen LogP contribution in [0.2, 0.25) is 0 Å². The fourth-order valence-electron chi connectivity index (χ4n) is 3.78. The smallest absolute Gasteiger partial charge is 0.193 e. The van der Waals surface area contributed by atoms with Gasteiger partial charge in [-0.2, -0.15) is 0 Å². The summed E-state index contributed by atoms with van der Waals surface area (Å²) < 4.78 is 23.6. The second-order valence-electron chi connectivity index (χ2n) is 7.88. The highest BCUT2D eigenvalue weighted by atomic mass is 32.2. The molecule has 1 N–H and O–H groups in total. The molecule has 0 aromatic rings. The lowest BCUT2D eigenvalue weighted by Gasteiger charge is -2.39. The van der Waals surface area contributed by atoms with Crippen molar-refractivity contribution in [2.45, 2.75) is 70.5 Å². The molecule has 140 valence electrons. The second-order valence-corrected chi connectivity index (χ2v) is 10.6. The van der Waals surface area contributed by atoms with Crippen molar-refractivity contribution in [3.05, 3.63) is 0 Å². The zero-order valence-electron chi connectivity index (χ0n) is 15.7. The molecule has 0 aromatic heterocycles. The molecule has 0 atom stereocenters. The van der Waals surface area contributed by atoms with Crippen LogP contribution in [0.15, 0.2) is 4.99 Å². The van der Waals surface area contributed by atoms with Gasteiger partial charge in [0.2, 0.25) is 0 Å². The zero-order chi connectivity index (χ0) is 17.6. The average Bonchev–Trinajstić information content (AvgIpc) is 3.02. The first kappa shape index (κ1) is 19.5. The van der Waals surface area contributed by atoms with Gasteiger partial charge in [0.15, 0.2) is 15.8 Å². The molecule has 1 saturated heterocycles. The second kappa shape index (κ2) is 8.54. The summed E-state index contributed by atoms with van der Waals surface area (Å²) in [5.41, 5.74) is 0. The average molecular weight is 358 g/mol. The summed E-state index contributed by atoms with van der Waals surface area (Å²) >= 11 is 0. The number of rotatable bonds is 6. The lowest BCUT2D eigenvalue weighted by molar-refractivity contribution is 0.353. The Balaban J connectivity index is 1.84. The molecule has 0 amide bonds. The SMILES string of the molecule is CCNC(=NCCCCC1CCCC1)N1CCS(=O)(=O)C(C)(C)C1. The van der Waals surface area contributed by atoms with Gasteiger partial charge in [0, 0.05) is 26.2 Å². The Hall–Kier alpha value is -0.780. The number of nitrogens with zero attached hydrogens (tertiary/aromatic N) is 2. The summed E-state index contributed by atoms with van der Waals surface area (Å²) in [6.07, 6.45) is 9.41. The Bertz CT molecular complexity index is 522. The van der Waals surface area contributed by atoms with Crippen LogP contribution >= 0.6 is 0 Å². The monoisotopic (exact) mass is 357 g/mol. The van der Waals surface area contributed by atoms with E-state index in [9.17, 15) is 8.42 Å². The summed E-state index contributed by atoms with van der Waals surface area (Å²) in [5, 5.41) is 3.33. The molecule has 1 aliphatic carbocycles. The molecule has 6 heteroatoms. The van der Waals surface area contributed by atoms with E-state index in [0.717, 1.165) is 31.4 Å². The molecule has 0 bridgehead atoms. The first-order valence-corrected chi connectivity index (χ1v) is 11.3. The van der Waals surface area contributed by atoms with E-state index in [2.05, 4.69) is 17.1 Å². The fraction of sp³-hybridized carbons (Fsp3) is 0.944. The van der Waals surface area contributed by atoms with E-state index in [-0.39, 0.29) is 5.75 Å². The number of sulfone groups is 1. The molecule has 5 nitrogen and oxygen atoms in total. The predicted octanol–water partition coefficient (Wildman–Crippen LogP) is 2.82. The van der Waals surface area contributed by atoms with E-state index in [1.807, 2.05) is 13.8 Å². The molecule has 0 spiro atoms. The number of guanidine groups is 1. The van der Waals surface area contributed by atoms with Gasteiger partial charge in [-0.3, -0.25) is 4.99 Å². The standard InChI is InChI=1S/C18H35N3O2S/c1-4-19-17(20-12-8-7-11-16-9-5-6-10-16)21-13-14-24(22,23)18(2,3)15-21/h16H,4-15H2,1-3H3,(H,19,20). The maximum atomic E-state index is 12.2. The minimum Gasteiger partial charge on any atom is -0.357 e. The topological polar surface area (TPSA) is 61.8 Å². The summed E-state index contributed by atoms with van der Waals surface area (Å²) in [5.74, 6) is 2.04. The molecule has 0 aromatic carbocycles. The first-order chi connectivity index (χ1) is 11.4. The van der Waals surface area contributed by atoms with Gasteiger partial charge in [-0.05, 0) is 33.1 Å². The summed E-state index contributed by atoms with van der Waals surface area (Å²) in [4.78, 5) is 6.86. The molecule has 1 saturated carbocycles. The lowest BCUT2D eigenvalue weighted by atomic mass is 10.0. The molecule has 0 unspecified atom stereocenters. The molecular formula is C18H35N3O2S. The van der Waals surface area contributed by atoms with Crippen molar-refractivity contribution in [1.82, 2.24) is 10.2 Å². The quantitative estimate of drug-likeness (QED) is 0.451. The first-order valence-electron chi connectivity index (χ1n) is 9.61. The van der Waals surface area contributed by atoms with Gasteiger partial charge in [0.25, 0.3) is 0 Å².